The van der Waals surface area contributed by atoms with Crippen LogP contribution in [0, 0.1) is 0 Å². The summed E-state index contributed by atoms with van der Waals surface area (Å²) in [5.41, 5.74) is 1.39. The number of fused-ring (bicyclic) bond motifs is 1. The van der Waals surface area contributed by atoms with E-state index in [1.807, 2.05) is 50.2 Å². The van der Waals surface area contributed by atoms with Gasteiger partial charge in [-0.2, -0.15) is 13.2 Å². The molecule has 0 heterocycles. The average molecular weight is 400 g/mol. The molecule has 1 N–H and O–H groups in total. The number of nitrogens with zero attached hydrogens (tertiary/aromatic N) is 1. The van der Waals surface area contributed by atoms with Crippen LogP contribution in [0.25, 0.3) is 21.9 Å². The third-order valence-corrected chi connectivity index (χ3v) is 4.68. The molecule has 29 heavy (non-hydrogen) atoms. The first-order chi connectivity index (χ1) is 13.6. The lowest BCUT2D eigenvalue weighted by atomic mass is 9.96. The summed E-state index contributed by atoms with van der Waals surface area (Å²) in [6, 6.07) is 16.1. The average Bonchev–Trinajstić information content (AvgIpc) is 2.65. The van der Waals surface area contributed by atoms with Crippen molar-refractivity contribution in [3.8, 4) is 11.1 Å². The molecule has 0 bridgehead atoms. The van der Waals surface area contributed by atoms with Crippen LogP contribution in [0.1, 0.15) is 22.8 Å². The highest BCUT2D eigenvalue weighted by atomic mass is 19.4. The van der Waals surface area contributed by atoms with E-state index in [-0.39, 0.29) is 11.9 Å². The summed E-state index contributed by atoms with van der Waals surface area (Å²) in [5, 5.41) is 4.71. The van der Waals surface area contributed by atoms with Gasteiger partial charge in [0.1, 0.15) is 0 Å². The molecule has 0 unspecified atom stereocenters. The van der Waals surface area contributed by atoms with Crippen LogP contribution in [0.3, 0.4) is 0 Å². The molecule has 0 saturated carbocycles. The van der Waals surface area contributed by atoms with E-state index in [1.165, 1.54) is 12.1 Å². The van der Waals surface area contributed by atoms with Gasteiger partial charge in [0, 0.05) is 18.2 Å². The molecule has 1 atom stereocenters. The van der Waals surface area contributed by atoms with Crippen LogP contribution < -0.4 is 5.32 Å². The van der Waals surface area contributed by atoms with Crippen LogP contribution in [0.4, 0.5) is 13.2 Å². The van der Waals surface area contributed by atoms with Crippen molar-refractivity contribution >= 4 is 16.7 Å². The van der Waals surface area contributed by atoms with Crippen LogP contribution in [0.2, 0.25) is 0 Å². The van der Waals surface area contributed by atoms with Crippen molar-refractivity contribution in [2.75, 3.05) is 20.6 Å². The van der Waals surface area contributed by atoms with Crippen molar-refractivity contribution in [1.29, 1.82) is 0 Å². The van der Waals surface area contributed by atoms with Crippen molar-refractivity contribution in [1.82, 2.24) is 10.2 Å². The third kappa shape index (κ3) is 4.95. The minimum absolute atomic E-state index is 0.00618. The summed E-state index contributed by atoms with van der Waals surface area (Å²) >= 11 is 0. The van der Waals surface area contributed by atoms with Crippen molar-refractivity contribution in [3.63, 3.8) is 0 Å². The van der Waals surface area contributed by atoms with Gasteiger partial charge in [-0.15, -0.1) is 0 Å². The van der Waals surface area contributed by atoms with Gasteiger partial charge < -0.3 is 10.2 Å². The fourth-order valence-electron chi connectivity index (χ4n) is 3.42. The SMILES string of the molecule is C[C@@H](CN(C)C)NC(=O)c1ccc2c(-c3ccc(C(F)(F)F)cc3)cccc2c1. The Morgan fingerprint density at radius 2 is 1.72 bits per heavy atom. The minimum atomic E-state index is -4.36. The number of carbonyl (C=O) groups is 1. The number of rotatable bonds is 5. The van der Waals surface area contributed by atoms with Gasteiger partial charge in [0.25, 0.3) is 5.91 Å². The van der Waals surface area contributed by atoms with Gasteiger partial charge in [0.2, 0.25) is 0 Å². The number of benzene rings is 3. The molecule has 152 valence electrons. The van der Waals surface area contributed by atoms with E-state index < -0.39 is 11.7 Å². The summed E-state index contributed by atoms with van der Waals surface area (Å²) in [4.78, 5) is 14.5. The van der Waals surface area contributed by atoms with E-state index in [4.69, 9.17) is 0 Å². The molecule has 0 aliphatic heterocycles. The number of hydrogen-bond donors (Lipinski definition) is 1. The molecule has 0 aliphatic rings. The maximum Gasteiger partial charge on any atom is 0.416 e. The Morgan fingerprint density at radius 3 is 2.34 bits per heavy atom. The lowest BCUT2D eigenvalue weighted by molar-refractivity contribution is -0.137. The maximum absolute atomic E-state index is 12.8. The highest BCUT2D eigenvalue weighted by Crippen LogP contribution is 2.33. The number of likely N-dealkylation sites (N-methyl/N-ethyl adjacent to an activating group) is 1. The highest BCUT2D eigenvalue weighted by Gasteiger charge is 2.30. The zero-order valence-electron chi connectivity index (χ0n) is 16.5. The van der Waals surface area contributed by atoms with Gasteiger partial charge in [-0.1, -0.05) is 36.4 Å². The van der Waals surface area contributed by atoms with Crippen molar-refractivity contribution in [2.45, 2.75) is 19.1 Å². The van der Waals surface area contributed by atoms with E-state index in [0.717, 1.165) is 35.0 Å². The van der Waals surface area contributed by atoms with Gasteiger partial charge in [-0.05, 0) is 67.2 Å². The Kier molecular flexibility index (Phi) is 5.94. The molecule has 0 spiro atoms. The molecule has 0 saturated heterocycles. The van der Waals surface area contributed by atoms with E-state index >= 15 is 0 Å². The number of halogens is 3. The maximum atomic E-state index is 12.8. The Hall–Kier alpha value is -2.86. The lowest BCUT2D eigenvalue weighted by Gasteiger charge is -2.18. The Labute approximate surface area is 168 Å². The standard InChI is InChI=1S/C23H23F3N2O/c1-15(14-28(2)3)27-22(29)18-9-12-21-17(13-18)5-4-6-20(21)16-7-10-19(11-8-16)23(24,25)26/h4-13,15H,14H2,1-3H3,(H,27,29)/t15-/m0/s1. The summed E-state index contributed by atoms with van der Waals surface area (Å²) in [7, 11) is 3.89. The molecule has 3 aromatic carbocycles. The Morgan fingerprint density at radius 1 is 1.03 bits per heavy atom. The first kappa shape index (κ1) is 20.9. The minimum Gasteiger partial charge on any atom is -0.348 e. The molecule has 3 rings (SSSR count). The van der Waals surface area contributed by atoms with Gasteiger partial charge in [0.05, 0.1) is 5.56 Å². The number of amides is 1. The van der Waals surface area contributed by atoms with Crippen LogP contribution in [0.15, 0.2) is 60.7 Å². The molecule has 0 aromatic heterocycles. The van der Waals surface area contributed by atoms with Crippen LogP contribution in [0.5, 0.6) is 0 Å². The van der Waals surface area contributed by atoms with Gasteiger partial charge in [-0.25, -0.2) is 0 Å². The Balaban J connectivity index is 1.90. The van der Waals surface area contributed by atoms with Crippen molar-refractivity contribution in [3.05, 3.63) is 71.8 Å². The molecule has 3 aromatic rings. The molecule has 1 amide bonds. The van der Waals surface area contributed by atoms with Crippen LogP contribution in [-0.2, 0) is 6.18 Å². The number of carbonyl (C=O) groups excluding carboxylic acids is 1. The largest absolute Gasteiger partial charge is 0.416 e. The van der Waals surface area contributed by atoms with Crippen LogP contribution >= 0.6 is 0 Å². The van der Waals surface area contributed by atoms with Gasteiger partial charge in [-0.3, -0.25) is 4.79 Å². The van der Waals surface area contributed by atoms with E-state index in [0.29, 0.717) is 11.1 Å². The van der Waals surface area contributed by atoms with Crippen molar-refractivity contribution < 1.29 is 18.0 Å². The predicted molar refractivity (Wildman–Crippen MR) is 110 cm³/mol. The van der Waals surface area contributed by atoms with Crippen molar-refractivity contribution in [2.24, 2.45) is 0 Å². The quantitative estimate of drug-likeness (QED) is 0.638. The molecular weight excluding hydrogens is 377 g/mol. The summed E-state index contributed by atoms with van der Waals surface area (Å²) in [5.74, 6) is -0.152. The third-order valence-electron chi connectivity index (χ3n) is 4.68. The van der Waals surface area contributed by atoms with E-state index in [1.54, 1.807) is 12.1 Å². The highest BCUT2D eigenvalue weighted by molar-refractivity contribution is 6.02. The molecule has 6 heteroatoms. The number of nitrogens with one attached hydrogen (secondary N) is 1. The fourth-order valence-corrected chi connectivity index (χ4v) is 3.42. The fraction of sp³-hybridized carbons (Fsp3) is 0.261. The van der Waals surface area contributed by atoms with Gasteiger partial charge in [0.15, 0.2) is 0 Å². The van der Waals surface area contributed by atoms with E-state index in [9.17, 15) is 18.0 Å². The van der Waals surface area contributed by atoms with Crippen LogP contribution in [-0.4, -0.2) is 37.5 Å². The Bertz CT molecular complexity index is 1010. The first-order valence-corrected chi connectivity index (χ1v) is 9.31. The summed E-state index contributed by atoms with van der Waals surface area (Å²) in [6.07, 6.45) is -4.36. The molecular formula is C23H23F3N2O. The monoisotopic (exact) mass is 400 g/mol. The number of hydrogen-bond acceptors (Lipinski definition) is 2. The lowest BCUT2D eigenvalue weighted by Crippen LogP contribution is -2.39. The van der Waals surface area contributed by atoms with E-state index in [2.05, 4.69) is 5.32 Å². The molecule has 0 radical (unpaired) electrons. The summed E-state index contributed by atoms with van der Waals surface area (Å²) < 4.78 is 38.4. The van der Waals surface area contributed by atoms with Gasteiger partial charge >= 0.3 is 6.18 Å². The second-order valence-corrected chi connectivity index (χ2v) is 7.45. The second-order valence-electron chi connectivity index (χ2n) is 7.45. The number of alkyl halides is 3. The normalized spacial score (nSPS) is 12.9. The predicted octanol–water partition coefficient (Wildman–Crippen LogP) is 5.21. The summed E-state index contributed by atoms with van der Waals surface area (Å²) in [6.45, 7) is 2.68. The topological polar surface area (TPSA) is 32.3 Å². The first-order valence-electron chi connectivity index (χ1n) is 9.31. The second kappa shape index (κ2) is 8.25. The zero-order chi connectivity index (χ0) is 21.2. The smallest absolute Gasteiger partial charge is 0.348 e. The molecule has 0 fully saturated rings. The molecule has 3 nitrogen and oxygen atoms in total. The zero-order valence-corrected chi connectivity index (χ0v) is 16.5. The molecule has 0 aliphatic carbocycles.